The van der Waals surface area contributed by atoms with Gasteiger partial charge in [0.05, 0.1) is 24.8 Å². The van der Waals surface area contributed by atoms with Crippen molar-refractivity contribution in [3.05, 3.63) is 29.8 Å². The van der Waals surface area contributed by atoms with Gasteiger partial charge in [0.25, 0.3) is 5.91 Å². The van der Waals surface area contributed by atoms with E-state index in [1.807, 2.05) is 29.2 Å². The number of carbonyl (C=O) groups excluding carboxylic acids is 1. The fourth-order valence-corrected chi connectivity index (χ4v) is 2.97. The number of methoxy groups -OCH3 is 1. The molecule has 0 spiro atoms. The van der Waals surface area contributed by atoms with Gasteiger partial charge in [-0.3, -0.25) is 4.79 Å². The van der Waals surface area contributed by atoms with Crippen LogP contribution in [0.5, 0.6) is 5.75 Å². The van der Waals surface area contributed by atoms with E-state index in [9.17, 15) is 4.79 Å². The van der Waals surface area contributed by atoms with Crippen LogP contribution in [0.15, 0.2) is 24.3 Å². The van der Waals surface area contributed by atoms with Gasteiger partial charge < -0.3 is 9.64 Å². The Morgan fingerprint density at radius 3 is 2.53 bits per heavy atom. The molecule has 1 saturated heterocycles. The predicted octanol–water partition coefficient (Wildman–Crippen LogP) is 2.46. The van der Waals surface area contributed by atoms with Gasteiger partial charge in [-0.25, -0.2) is 0 Å². The van der Waals surface area contributed by atoms with Gasteiger partial charge in [-0.15, -0.1) is 0 Å². The van der Waals surface area contributed by atoms with E-state index in [0.717, 1.165) is 0 Å². The number of para-hydroxylation sites is 1. The Bertz CT molecular complexity index is 432. The van der Waals surface area contributed by atoms with Gasteiger partial charge in [-0.1, -0.05) is 25.0 Å². The molecule has 2 unspecified atom stereocenters. The van der Waals surface area contributed by atoms with Gasteiger partial charge in [0, 0.05) is 0 Å². The molecule has 3 nitrogen and oxygen atoms in total. The normalized spacial score (nSPS) is 26.3. The average Bonchev–Trinajstić information content (AvgIpc) is 3.12. The van der Waals surface area contributed by atoms with E-state index < -0.39 is 0 Å². The Morgan fingerprint density at radius 1 is 1.24 bits per heavy atom. The number of likely N-dealkylation sites (tertiary alicyclic amines) is 1. The van der Waals surface area contributed by atoms with Crippen molar-refractivity contribution < 1.29 is 9.53 Å². The summed E-state index contributed by atoms with van der Waals surface area (Å²) in [4.78, 5) is 14.4. The van der Waals surface area contributed by atoms with Crippen LogP contribution in [-0.2, 0) is 0 Å². The van der Waals surface area contributed by atoms with Crippen LogP contribution in [0.1, 0.15) is 36.0 Å². The van der Waals surface area contributed by atoms with Crippen LogP contribution in [0, 0.1) is 0 Å². The van der Waals surface area contributed by atoms with Gasteiger partial charge >= 0.3 is 0 Å². The summed E-state index contributed by atoms with van der Waals surface area (Å²) in [6, 6.07) is 8.49. The number of nitrogens with zero attached hydrogens (tertiary/aromatic N) is 1. The van der Waals surface area contributed by atoms with E-state index >= 15 is 0 Å². The summed E-state index contributed by atoms with van der Waals surface area (Å²) in [6.45, 7) is 0. The number of fused-ring (bicyclic) bond motifs is 1. The lowest BCUT2D eigenvalue weighted by Gasteiger charge is -2.08. The molecular formula is C14H17NO2. The summed E-state index contributed by atoms with van der Waals surface area (Å²) >= 11 is 0. The standard InChI is InChI=1S/C14H17NO2/c1-17-13-9-5-2-6-10(13)14(16)15-11-7-3-4-8-12(11)15/h2,5-6,9,11-12H,3-4,7-8H2,1H3. The molecule has 0 radical (unpaired) electrons. The predicted molar refractivity (Wildman–Crippen MR) is 65.2 cm³/mol. The maximum atomic E-state index is 12.4. The summed E-state index contributed by atoms with van der Waals surface area (Å²) in [7, 11) is 1.61. The first kappa shape index (κ1) is 10.6. The van der Waals surface area contributed by atoms with Gasteiger partial charge in [0.15, 0.2) is 0 Å². The van der Waals surface area contributed by atoms with E-state index in [4.69, 9.17) is 4.74 Å². The summed E-state index contributed by atoms with van der Waals surface area (Å²) < 4.78 is 5.25. The quantitative estimate of drug-likeness (QED) is 0.732. The third-order valence-corrected chi connectivity index (χ3v) is 3.89. The molecule has 1 aliphatic heterocycles. The van der Waals surface area contributed by atoms with Crippen molar-refractivity contribution in [3.8, 4) is 5.75 Å². The molecule has 0 bridgehead atoms. The van der Waals surface area contributed by atoms with Gasteiger partial charge in [-0.05, 0) is 25.0 Å². The highest BCUT2D eigenvalue weighted by atomic mass is 16.5. The van der Waals surface area contributed by atoms with Crippen LogP contribution >= 0.6 is 0 Å². The molecule has 3 rings (SSSR count). The van der Waals surface area contributed by atoms with Crippen LogP contribution in [0.25, 0.3) is 0 Å². The van der Waals surface area contributed by atoms with E-state index in [1.165, 1.54) is 25.7 Å². The Hall–Kier alpha value is -1.51. The summed E-state index contributed by atoms with van der Waals surface area (Å²) in [5.41, 5.74) is 0.699. The van der Waals surface area contributed by atoms with Crippen molar-refractivity contribution in [1.82, 2.24) is 4.90 Å². The second kappa shape index (κ2) is 4.06. The SMILES string of the molecule is COc1ccccc1C(=O)N1C2CCCCC21. The molecule has 2 aliphatic rings. The molecule has 3 heteroatoms. The Labute approximate surface area is 101 Å². The summed E-state index contributed by atoms with van der Waals surface area (Å²) in [5.74, 6) is 0.820. The lowest BCUT2D eigenvalue weighted by atomic mass is 10.0. The first-order chi connectivity index (χ1) is 8.33. The third kappa shape index (κ3) is 1.70. The number of ether oxygens (including phenoxy) is 1. The second-order valence-electron chi connectivity index (χ2n) is 4.83. The Balaban J connectivity index is 1.83. The zero-order chi connectivity index (χ0) is 11.8. The molecule has 2 atom stereocenters. The number of amides is 1. The van der Waals surface area contributed by atoms with E-state index in [-0.39, 0.29) is 5.91 Å². The van der Waals surface area contributed by atoms with Crippen LogP contribution in [0.3, 0.4) is 0 Å². The monoisotopic (exact) mass is 231 g/mol. The van der Waals surface area contributed by atoms with Crippen molar-refractivity contribution in [3.63, 3.8) is 0 Å². The van der Waals surface area contributed by atoms with E-state index in [0.29, 0.717) is 23.4 Å². The molecular weight excluding hydrogens is 214 g/mol. The maximum absolute atomic E-state index is 12.4. The van der Waals surface area contributed by atoms with Crippen LogP contribution in [0.4, 0.5) is 0 Å². The number of rotatable bonds is 2. The fourth-order valence-electron chi connectivity index (χ4n) is 2.97. The van der Waals surface area contributed by atoms with E-state index in [1.54, 1.807) is 7.11 Å². The van der Waals surface area contributed by atoms with Crippen molar-refractivity contribution in [1.29, 1.82) is 0 Å². The highest BCUT2D eigenvalue weighted by Gasteiger charge is 2.51. The number of carbonyl (C=O) groups is 1. The lowest BCUT2D eigenvalue weighted by molar-refractivity contribution is 0.0862. The number of benzene rings is 1. The van der Waals surface area contributed by atoms with Gasteiger partial charge in [0.2, 0.25) is 0 Å². The third-order valence-electron chi connectivity index (χ3n) is 3.89. The molecule has 0 N–H and O–H groups in total. The smallest absolute Gasteiger partial charge is 0.258 e. The number of hydrogen-bond acceptors (Lipinski definition) is 2. The number of hydrogen-bond donors (Lipinski definition) is 0. The summed E-state index contributed by atoms with van der Waals surface area (Å²) in [6.07, 6.45) is 4.87. The molecule has 1 saturated carbocycles. The molecule has 1 amide bonds. The largest absolute Gasteiger partial charge is 0.496 e. The topological polar surface area (TPSA) is 29.3 Å². The molecule has 1 aromatic rings. The minimum absolute atomic E-state index is 0.138. The van der Waals surface area contributed by atoms with Crippen LogP contribution in [0.2, 0.25) is 0 Å². The zero-order valence-corrected chi connectivity index (χ0v) is 10.1. The maximum Gasteiger partial charge on any atom is 0.258 e. The van der Waals surface area contributed by atoms with Crippen LogP contribution < -0.4 is 4.74 Å². The zero-order valence-electron chi connectivity index (χ0n) is 10.1. The highest BCUT2D eigenvalue weighted by molar-refractivity contribution is 5.99. The molecule has 0 aromatic heterocycles. The van der Waals surface area contributed by atoms with Crippen molar-refractivity contribution in [2.24, 2.45) is 0 Å². The highest BCUT2D eigenvalue weighted by Crippen LogP contribution is 2.42. The molecule has 90 valence electrons. The Kier molecular flexibility index (Phi) is 2.54. The van der Waals surface area contributed by atoms with Crippen molar-refractivity contribution in [2.75, 3.05) is 7.11 Å². The van der Waals surface area contributed by atoms with E-state index in [2.05, 4.69) is 0 Å². The Morgan fingerprint density at radius 2 is 1.88 bits per heavy atom. The van der Waals surface area contributed by atoms with Crippen LogP contribution in [-0.4, -0.2) is 30.0 Å². The first-order valence-electron chi connectivity index (χ1n) is 6.28. The average molecular weight is 231 g/mol. The van der Waals surface area contributed by atoms with Crippen molar-refractivity contribution in [2.45, 2.75) is 37.8 Å². The molecule has 17 heavy (non-hydrogen) atoms. The molecule has 1 aromatic carbocycles. The minimum Gasteiger partial charge on any atom is -0.496 e. The van der Waals surface area contributed by atoms with Gasteiger partial charge in [0.1, 0.15) is 5.75 Å². The first-order valence-corrected chi connectivity index (χ1v) is 6.28. The van der Waals surface area contributed by atoms with Gasteiger partial charge in [-0.2, -0.15) is 0 Å². The lowest BCUT2D eigenvalue weighted by Crippen LogP contribution is -2.15. The molecule has 2 fully saturated rings. The molecule has 1 heterocycles. The fraction of sp³-hybridized carbons (Fsp3) is 0.500. The van der Waals surface area contributed by atoms with Crippen molar-refractivity contribution >= 4 is 5.91 Å². The minimum atomic E-state index is 0.138. The second-order valence-corrected chi connectivity index (χ2v) is 4.83. The molecule has 1 aliphatic carbocycles. The summed E-state index contributed by atoms with van der Waals surface area (Å²) in [5, 5.41) is 0.